The van der Waals surface area contributed by atoms with Crippen LogP contribution in [-0.4, -0.2) is 39.7 Å². The highest BCUT2D eigenvalue weighted by Crippen LogP contribution is 2.28. The van der Waals surface area contributed by atoms with E-state index >= 15 is 0 Å². The summed E-state index contributed by atoms with van der Waals surface area (Å²) in [6, 6.07) is 12.7. The van der Waals surface area contributed by atoms with Crippen molar-refractivity contribution in [3.63, 3.8) is 0 Å². The van der Waals surface area contributed by atoms with Gasteiger partial charge < -0.3 is 9.47 Å². The van der Waals surface area contributed by atoms with Gasteiger partial charge in [0.1, 0.15) is 24.2 Å². The minimum atomic E-state index is -3.78. The molecule has 0 N–H and O–H groups in total. The Morgan fingerprint density at radius 3 is 2.58 bits per heavy atom. The molecule has 1 heterocycles. The van der Waals surface area contributed by atoms with Crippen LogP contribution in [0.4, 0.5) is 11.4 Å². The molecule has 2 aromatic rings. The number of hydrogen-bond acceptors (Lipinski definition) is 6. The summed E-state index contributed by atoms with van der Waals surface area (Å²) in [6.45, 7) is 0.926. The first-order valence-corrected chi connectivity index (χ1v) is 9.51. The second-order valence-electron chi connectivity index (χ2n) is 5.87. The molecule has 0 aromatic heterocycles. The lowest BCUT2D eigenvalue weighted by molar-refractivity contribution is -0.385. The maximum atomic E-state index is 12.6. The van der Waals surface area contributed by atoms with Gasteiger partial charge in [-0.05, 0) is 24.3 Å². The monoisotopic (exact) mass is 378 g/mol. The fourth-order valence-corrected chi connectivity index (χ4v) is 3.64. The van der Waals surface area contributed by atoms with Gasteiger partial charge >= 0.3 is 0 Å². The molecule has 1 atom stereocenters. The van der Waals surface area contributed by atoms with Crippen LogP contribution in [-0.2, 0) is 20.5 Å². The molecule has 1 aliphatic rings. The van der Waals surface area contributed by atoms with E-state index in [1.807, 2.05) is 0 Å². The number of ether oxygens (including phenoxy) is 2. The van der Waals surface area contributed by atoms with E-state index in [1.165, 1.54) is 25.2 Å². The molecule has 0 aliphatic carbocycles. The third-order valence-electron chi connectivity index (χ3n) is 3.97. The predicted octanol–water partition coefficient (Wildman–Crippen LogP) is 2.34. The Balaban J connectivity index is 1.82. The Morgan fingerprint density at radius 2 is 1.96 bits per heavy atom. The lowest BCUT2D eigenvalue weighted by atomic mass is 10.2. The van der Waals surface area contributed by atoms with E-state index in [1.54, 1.807) is 30.3 Å². The van der Waals surface area contributed by atoms with Crippen molar-refractivity contribution in [2.24, 2.45) is 0 Å². The van der Waals surface area contributed by atoms with Crippen molar-refractivity contribution < 1.29 is 22.8 Å². The Bertz CT molecular complexity index is 897. The molecule has 1 unspecified atom stereocenters. The largest absolute Gasteiger partial charge is 0.491 e. The number of rotatable bonds is 8. The van der Waals surface area contributed by atoms with E-state index in [4.69, 9.17) is 9.47 Å². The van der Waals surface area contributed by atoms with Gasteiger partial charge in [-0.3, -0.25) is 14.4 Å². The van der Waals surface area contributed by atoms with Gasteiger partial charge in [-0.25, -0.2) is 8.42 Å². The number of nitrogens with zero attached hydrogens (tertiary/aromatic N) is 2. The SMILES string of the molecule is CN(c1ccccc1)S(=O)(=O)Cc1ccc(OCC2CO2)cc1[N+](=O)[O-]. The molecule has 138 valence electrons. The van der Waals surface area contributed by atoms with Crippen LogP contribution >= 0.6 is 0 Å². The first-order valence-electron chi connectivity index (χ1n) is 7.90. The maximum absolute atomic E-state index is 12.6. The number of hydrogen-bond donors (Lipinski definition) is 0. The number of epoxide rings is 1. The van der Waals surface area contributed by atoms with Crippen LogP contribution < -0.4 is 9.04 Å². The number of anilines is 1. The minimum Gasteiger partial charge on any atom is -0.491 e. The van der Waals surface area contributed by atoms with Crippen molar-refractivity contribution in [1.82, 2.24) is 0 Å². The summed E-state index contributed by atoms with van der Waals surface area (Å²) in [7, 11) is -2.36. The Hall–Kier alpha value is -2.65. The molecular formula is C17H18N2O6S. The fourth-order valence-electron chi connectivity index (χ4n) is 2.37. The molecule has 0 radical (unpaired) electrons. The average Bonchev–Trinajstić information content (AvgIpc) is 3.45. The van der Waals surface area contributed by atoms with E-state index in [0.29, 0.717) is 24.7 Å². The summed E-state index contributed by atoms with van der Waals surface area (Å²) in [5, 5.41) is 11.4. The highest BCUT2D eigenvalue weighted by molar-refractivity contribution is 7.92. The topological polar surface area (TPSA) is 102 Å². The summed E-state index contributed by atoms with van der Waals surface area (Å²) in [5.74, 6) is -0.175. The highest BCUT2D eigenvalue weighted by atomic mass is 32.2. The Labute approximate surface area is 151 Å². The molecule has 2 aromatic carbocycles. The molecule has 8 nitrogen and oxygen atoms in total. The lowest BCUT2D eigenvalue weighted by Gasteiger charge is -2.19. The second kappa shape index (κ2) is 7.30. The van der Waals surface area contributed by atoms with E-state index in [0.717, 1.165) is 4.31 Å². The zero-order valence-corrected chi connectivity index (χ0v) is 14.9. The molecule has 0 bridgehead atoms. The number of sulfonamides is 1. The van der Waals surface area contributed by atoms with Gasteiger partial charge in [-0.15, -0.1) is 0 Å². The zero-order chi connectivity index (χ0) is 18.7. The molecule has 1 fully saturated rings. The summed E-state index contributed by atoms with van der Waals surface area (Å²) in [6.07, 6.45) is 0.0219. The average molecular weight is 378 g/mol. The normalized spacial score (nSPS) is 16.1. The molecule has 0 amide bonds. The van der Waals surface area contributed by atoms with Crippen LogP contribution in [0.25, 0.3) is 0 Å². The van der Waals surface area contributed by atoms with E-state index in [2.05, 4.69) is 0 Å². The van der Waals surface area contributed by atoms with Crippen molar-refractivity contribution in [1.29, 1.82) is 0 Å². The molecule has 0 spiro atoms. The van der Waals surface area contributed by atoms with E-state index in [9.17, 15) is 18.5 Å². The van der Waals surface area contributed by atoms with Gasteiger partial charge in [0, 0.05) is 12.6 Å². The summed E-state index contributed by atoms with van der Waals surface area (Å²) >= 11 is 0. The Kier molecular flexibility index (Phi) is 5.10. The van der Waals surface area contributed by atoms with Gasteiger partial charge in [-0.1, -0.05) is 18.2 Å². The molecule has 1 saturated heterocycles. The van der Waals surface area contributed by atoms with Gasteiger partial charge in [-0.2, -0.15) is 0 Å². The summed E-state index contributed by atoms with van der Waals surface area (Å²) in [4.78, 5) is 10.8. The van der Waals surface area contributed by atoms with Crippen molar-refractivity contribution in [2.45, 2.75) is 11.9 Å². The van der Waals surface area contributed by atoms with Crippen molar-refractivity contribution in [3.8, 4) is 5.75 Å². The highest BCUT2D eigenvalue weighted by Gasteiger charge is 2.26. The van der Waals surface area contributed by atoms with Crippen LogP contribution in [0.2, 0.25) is 0 Å². The fraction of sp³-hybridized carbons (Fsp3) is 0.294. The molecule has 3 rings (SSSR count). The summed E-state index contributed by atoms with van der Waals surface area (Å²) in [5.41, 5.74) is 0.302. The Morgan fingerprint density at radius 1 is 1.27 bits per heavy atom. The first-order chi connectivity index (χ1) is 12.4. The molecule has 0 saturated carbocycles. The molecule has 1 aliphatic heterocycles. The maximum Gasteiger partial charge on any atom is 0.277 e. The standard InChI is InChI=1S/C17H18N2O6S/c1-18(14-5-3-2-4-6-14)26(22,23)12-13-7-8-15(9-17(13)19(20)21)24-10-16-11-25-16/h2-9,16H,10-12H2,1H3. The second-order valence-corrected chi connectivity index (χ2v) is 7.87. The summed E-state index contributed by atoms with van der Waals surface area (Å²) < 4.78 is 36.9. The van der Waals surface area contributed by atoms with Crippen molar-refractivity contribution >= 4 is 21.4 Å². The third kappa shape index (κ3) is 4.30. The first kappa shape index (κ1) is 18.2. The molecular weight excluding hydrogens is 360 g/mol. The number of nitro benzene ring substituents is 1. The van der Waals surface area contributed by atoms with Gasteiger partial charge in [0.2, 0.25) is 10.0 Å². The van der Waals surface area contributed by atoms with Crippen molar-refractivity contribution in [3.05, 3.63) is 64.2 Å². The molecule has 9 heteroatoms. The van der Waals surface area contributed by atoms with E-state index < -0.39 is 20.7 Å². The van der Waals surface area contributed by atoms with Crippen LogP contribution in [0.5, 0.6) is 5.75 Å². The van der Waals surface area contributed by atoms with Gasteiger partial charge in [0.05, 0.1) is 23.3 Å². The van der Waals surface area contributed by atoms with Crippen LogP contribution in [0.15, 0.2) is 48.5 Å². The van der Waals surface area contributed by atoms with Gasteiger partial charge in [0.25, 0.3) is 5.69 Å². The predicted molar refractivity (Wildman–Crippen MR) is 95.8 cm³/mol. The number of para-hydroxylation sites is 1. The quantitative estimate of drug-likeness (QED) is 0.397. The van der Waals surface area contributed by atoms with Crippen LogP contribution in [0.3, 0.4) is 0 Å². The lowest BCUT2D eigenvalue weighted by Crippen LogP contribution is -2.28. The van der Waals surface area contributed by atoms with Crippen molar-refractivity contribution in [2.75, 3.05) is 24.6 Å². The smallest absolute Gasteiger partial charge is 0.277 e. The zero-order valence-electron chi connectivity index (χ0n) is 14.1. The van der Waals surface area contributed by atoms with E-state index in [-0.39, 0.29) is 17.4 Å². The number of benzene rings is 2. The van der Waals surface area contributed by atoms with Crippen LogP contribution in [0.1, 0.15) is 5.56 Å². The number of nitro groups is 1. The van der Waals surface area contributed by atoms with Crippen LogP contribution in [0, 0.1) is 10.1 Å². The molecule has 26 heavy (non-hydrogen) atoms. The minimum absolute atomic E-state index is 0.0219. The van der Waals surface area contributed by atoms with Gasteiger partial charge in [0.15, 0.2) is 0 Å². The third-order valence-corrected chi connectivity index (χ3v) is 5.69.